The number of ether oxygens (including phenoxy) is 2. The van der Waals surface area contributed by atoms with Crippen molar-refractivity contribution in [1.82, 2.24) is 0 Å². The molecule has 4 nitrogen and oxygen atoms in total. The Labute approximate surface area is 215 Å². The molecule has 0 fully saturated rings. The van der Waals surface area contributed by atoms with Crippen LogP contribution in [0.2, 0.25) is 0 Å². The summed E-state index contributed by atoms with van der Waals surface area (Å²) in [5, 5.41) is 0. The predicted octanol–water partition coefficient (Wildman–Crippen LogP) is 7.43. The number of halogens is 1. The summed E-state index contributed by atoms with van der Waals surface area (Å²) in [5.41, 5.74) is 2.77. The van der Waals surface area contributed by atoms with Crippen molar-refractivity contribution < 1.29 is 19.1 Å². The van der Waals surface area contributed by atoms with Crippen molar-refractivity contribution in [2.75, 3.05) is 0 Å². The van der Waals surface area contributed by atoms with Gasteiger partial charge in [0.15, 0.2) is 11.6 Å². The molecule has 1 heterocycles. The van der Waals surface area contributed by atoms with E-state index in [9.17, 15) is 9.59 Å². The topological polar surface area (TPSA) is 52.6 Å². The molecule has 2 aromatic carbocycles. The first-order chi connectivity index (χ1) is 16.5. The van der Waals surface area contributed by atoms with Gasteiger partial charge in [0.2, 0.25) is 0 Å². The molecule has 0 amide bonds. The molecule has 0 saturated carbocycles. The monoisotopic (exact) mass is 534 g/mol. The Kier molecular flexibility index (Phi) is 6.03. The molecule has 0 atom stereocenters. The molecule has 5 rings (SSSR count). The fourth-order valence-electron chi connectivity index (χ4n) is 5.60. The Morgan fingerprint density at radius 3 is 2.00 bits per heavy atom. The number of carbonyl (C=O) groups is 2. The van der Waals surface area contributed by atoms with Gasteiger partial charge in [0.25, 0.3) is 0 Å². The molecule has 5 heteroatoms. The maximum atomic E-state index is 13.6. The normalized spacial score (nSPS) is 21.4. The minimum absolute atomic E-state index is 0.0550. The summed E-state index contributed by atoms with van der Waals surface area (Å²) in [7, 11) is 0. The second-order valence-electron chi connectivity index (χ2n) is 11.5. The van der Waals surface area contributed by atoms with E-state index in [2.05, 4.69) is 43.6 Å². The molecule has 0 radical (unpaired) electrons. The fraction of sp³-hybridized carbons (Fsp3) is 0.400. The summed E-state index contributed by atoms with van der Waals surface area (Å²) in [4.78, 5) is 27.2. The number of Topliss-reactive ketones (excluding diaryl/α,β-unsaturated/α-hetero) is 2. The number of hydrogen-bond donors (Lipinski definition) is 0. The molecular weight excluding hydrogens is 504 g/mol. The maximum absolute atomic E-state index is 13.6. The van der Waals surface area contributed by atoms with Crippen molar-refractivity contribution in [1.29, 1.82) is 0 Å². The van der Waals surface area contributed by atoms with Gasteiger partial charge in [-0.3, -0.25) is 9.59 Å². The Balaban J connectivity index is 1.65. The van der Waals surface area contributed by atoms with Crippen molar-refractivity contribution in [2.45, 2.75) is 65.9 Å². The first kappa shape index (κ1) is 24.1. The van der Waals surface area contributed by atoms with E-state index in [1.807, 2.05) is 48.5 Å². The van der Waals surface area contributed by atoms with Crippen LogP contribution in [0, 0.1) is 10.8 Å². The van der Waals surface area contributed by atoms with Crippen molar-refractivity contribution in [2.24, 2.45) is 10.8 Å². The van der Waals surface area contributed by atoms with Gasteiger partial charge in [-0.05, 0) is 34.6 Å². The van der Waals surface area contributed by atoms with Crippen LogP contribution < -0.4 is 4.74 Å². The molecule has 1 aliphatic heterocycles. The quantitative estimate of drug-likeness (QED) is 0.409. The number of benzene rings is 2. The van der Waals surface area contributed by atoms with E-state index in [1.165, 1.54) is 0 Å². The van der Waals surface area contributed by atoms with E-state index in [4.69, 9.17) is 9.47 Å². The summed E-state index contributed by atoms with van der Waals surface area (Å²) in [6.07, 6.45) is 2.21. The first-order valence-corrected chi connectivity index (χ1v) is 13.0. The third-order valence-electron chi connectivity index (χ3n) is 7.10. The highest BCUT2D eigenvalue weighted by molar-refractivity contribution is 9.10. The van der Waals surface area contributed by atoms with E-state index in [1.54, 1.807) is 0 Å². The van der Waals surface area contributed by atoms with Gasteiger partial charge in [0, 0.05) is 46.9 Å². The van der Waals surface area contributed by atoms with E-state index < -0.39 is 5.92 Å². The second-order valence-corrected chi connectivity index (χ2v) is 12.5. The maximum Gasteiger partial charge on any atom is 0.163 e. The highest BCUT2D eigenvalue weighted by Gasteiger charge is 2.48. The lowest BCUT2D eigenvalue weighted by molar-refractivity contribution is -0.120. The number of allylic oxidation sites excluding steroid dienone is 4. The smallest absolute Gasteiger partial charge is 0.163 e. The van der Waals surface area contributed by atoms with Crippen molar-refractivity contribution in [3.8, 4) is 5.75 Å². The third-order valence-corrected chi connectivity index (χ3v) is 7.60. The van der Waals surface area contributed by atoms with Crippen molar-refractivity contribution >= 4 is 27.5 Å². The van der Waals surface area contributed by atoms with Gasteiger partial charge in [-0.15, -0.1) is 0 Å². The van der Waals surface area contributed by atoms with E-state index in [0.717, 1.165) is 27.1 Å². The van der Waals surface area contributed by atoms with Gasteiger partial charge in [0.05, 0.1) is 5.92 Å². The summed E-state index contributed by atoms with van der Waals surface area (Å²) in [6.45, 7) is 8.79. The number of carbonyl (C=O) groups excluding carboxylic acids is 2. The van der Waals surface area contributed by atoms with E-state index in [0.29, 0.717) is 49.2 Å². The zero-order valence-electron chi connectivity index (χ0n) is 20.7. The van der Waals surface area contributed by atoms with E-state index in [-0.39, 0.29) is 22.4 Å². The Hall–Kier alpha value is -2.66. The number of rotatable bonds is 4. The highest BCUT2D eigenvalue weighted by atomic mass is 79.9. The molecule has 0 N–H and O–H groups in total. The molecule has 0 bridgehead atoms. The SMILES string of the molecule is CC1(C)CC(=O)C2=C(C1)OC1=C(C(=O)CC(C)(C)C1)C2c1cc(Br)ccc1OCc1ccccc1. The van der Waals surface area contributed by atoms with Crippen LogP contribution in [0.3, 0.4) is 0 Å². The Morgan fingerprint density at radius 2 is 1.43 bits per heavy atom. The zero-order chi connectivity index (χ0) is 25.0. The summed E-state index contributed by atoms with van der Waals surface area (Å²) >= 11 is 3.61. The molecule has 2 aliphatic carbocycles. The van der Waals surface area contributed by atoms with Gasteiger partial charge < -0.3 is 9.47 Å². The predicted molar refractivity (Wildman–Crippen MR) is 139 cm³/mol. The molecule has 0 saturated heterocycles. The first-order valence-electron chi connectivity index (χ1n) is 12.2. The highest BCUT2D eigenvalue weighted by Crippen LogP contribution is 2.54. The zero-order valence-corrected chi connectivity index (χ0v) is 22.3. The largest absolute Gasteiger partial charge is 0.489 e. The summed E-state index contributed by atoms with van der Waals surface area (Å²) < 4.78 is 13.6. The second kappa shape index (κ2) is 8.77. The minimum atomic E-state index is -0.482. The fourth-order valence-corrected chi connectivity index (χ4v) is 5.98. The molecular formula is C30H31BrO4. The molecule has 0 spiro atoms. The van der Waals surface area contributed by atoms with Gasteiger partial charge in [-0.25, -0.2) is 0 Å². The van der Waals surface area contributed by atoms with Gasteiger partial charge in [-0.1, -0.05) is 74.0 Å². The lowest BCUT2D eigenvalue weighted by atomic mass is 9.65. The molecule has 3 aliphatic rings. The van der Waals surface area contributed by atoms with Crippen LogP contribution in [-0.4, -0.2) is 11.6 Å². The van der Waals surface area contributed by atoms with Gasteiger partial charge in [0.1, 0.15) is 23.9 Å². The van der Waals surface area contributed by atoms with Crippen LogP contribution in [0.4, 0.5) is 0 Å². The van der Waals surface area contributed by atoms with E-state index >= 15 is 0 Å². The van der Waals surface area contributed by atoms with Gasteiger partial charge in [-0.2, -0.15) is 0 Å². The van der Waals surface area contributed by atoms with Crippen molar-refractivity contribution in [3.05, 3.63) is 86.8 Å². The lowest BCUT2D eigenvalue weighted by Crippen LogP contribution is -2.37. The molecule has 2 aromatic rings. The average Bonchev–Trinajstić information content (AvgIpc) is 2.76. The molecule has 35 heavy (non-hydrogen) atoms. The third kappa shape index (κ3) is 4.75. The molecule has 0 unspecified atom stereocenters. The standard InChI is InChI=1S/C30H31BrO4/c1-29(2)13-21(32)27-24(15-29)35-25-16-30(3,4)14-22(33)28(25)26(27)20-12-19(31)10-11-23(20)34-17-18-8-6-5-7-9-18/h5-12,26H,13-17H2,1-4H3. The summed E-state index contributed by atoms with van der Waals surface area (Å²) in [5.74, 6) is 1.74. The summed E-state index contributed by atoms with van der Waals surface area (Å²) in [6, 6.07) is 15.8. The Bertz CT molecular complexity index is 1210. The number of hydrogen-bond acceptors (Lipinski definition) is 4. The van der Waals surface area contributed by atoms with Gasteiger partial charge >= 0.3 is 0 Å². The lowest BCUT2D eigenvalue weighted by Gasteiger charge is -2.43. The van der Waals surface area contributed by atoms with Crippen molar-refractivity contribution in [3.63, 3.8) is 0 Å². The van der Waals surface area contributed by atoms with Crippen LogP contribution in [0.15, 0.2) is 75.7 Å². The van der Waals surface area contributed by atoms with Crippen LogP contribution in [-0.2, 0) is 20.9 Å². The van der Waals surface area contributed by atoms with Crippen LogP contribution in [0.25, 0.3) is 0 Å². The average molecular weight is 535 g/mol. The minimum Gasteiger partial charge on any atom is -0.489 e. The number of ketones is 2. The molecule has 0 aromatic heterocycles. The van der Waals surface area contributed by atoms with Crippen LogP contribution in [0.1, 0.15) is 70.4 Å². The molecule has 182 valence electrons. The van der Waals surface area contributed by atoms with Crippen LogP contribution in [0.5, 0.6) is 5.75 Å². The Morgan fingerprint density at radius 1 is 0.857 bits per heavy atom. The van der Waals surface area contributed by atoms with Crippen LogP contribution >= 0.6 is 15.9 Å².